The van der Waals surface area contributed by atoms with E-state index in [2.05, 4.69) is 10.4 Å². The lowest BCUT2D eigenvalue weighted by atomic mass is 10.2. The number of carbonyl (C=O) groups is 1. The van der Waals surface area contributed by atoms with Gasteiger partial charge < -0.3 is 14.8 Å². The Bertz CT molecular complexity index is 1050. The van der Waals surface area contributed by atoms with E-state index >= 15 is 0 Å². The largest absolute Gasteiger partial charge is 0.491 e. The van der Waals surface area contributed by atoms with E-state index in [9.17, 15) is 4.79 Å². The van der Waals surface area contributed by atoms with Crippen molar-refractivity contribution in [2.75, 3.05) is 19.0 Å². The number of benzene rings is 2. The molecule has 0 aliphatic heterocycles. The van der Waals surface area contributed by atoms with E-state index in [0.29, 0.717) is 35.5 Å². The number of nitrogens with one attached hydrogen (secondary N) is 1. The molecule has 0 atom stereocenters. The Kier molecular flexibility index (Phi) is 7.14. The zero-order chi connectivity index (χ0) is 21.5. The first-order chi connectivity index (χ1) is 14.5. The number of hydrogen-bond acceptors (Lipinski definition) is 4. The van der Waals surface area contributed by atoms with Crippen LogP contribution in [0.5, 0.6) is 11.5 Å². The normalized spacial score (nSPS) is 10.9. The highest BCUT2D eigenvalue weighted by Gasteiger charge is 2.11. The van der Waals surface area contributed by atoms with Crippen molar-refractivity contribution in [2.45, 2.75) is 20.4 Å². The fraction of sp³-hybridized carbons (Fsp3) is 0.217. The van der Waals surface area contributed by atoms with Gasteiger partial charge in [-0.25, -0.2) is 4.68 Å². The average Bonchev–Trinajstić information content (AvgIpc) is 3.06. The van der Waals surface area contributed by atoms with Gasteiger partial charge >= 0.3 is 0 Å². The molecule has 1 N–H and O–H groups in total. The molecule has 6 nitrogen and oxygen atoms in total. The van der Waals surface area contributed by atoms with Crippen molar-refractivity contribution < 1.29 is 14.3 Å². The molecular formula is C23H24ClN3O3. The minimum absolute atomic E-state index is 0.269. The summed E-state index contributed by atoms with van der Waals surface area (Å²) in [5.41, 5.74) is 2.66. The van der Waals surface area contributed by atoms with Gasteiger partial charge in [-0.05, 0) is 43.2 Å². The molecule has 1 heterocycles. The summed E-state index contributed by atoms with van der Waals surface area (Å²) in [6.07, 6.45) is 3.12. The highest BCUT2D eigenvalue weighted by atomic mass is 35.5. The van der Waals surface area contributed by atoms with Crippen LogP contribution in [0.4, 0.5) is 5.82 Å². The predicted molar refractivity (Wildman–Crippen MR) is 119 cm³/mol. The summed E-state index contributed by atoms with van der Waals surface area (Å²) >= 11 is 6.27. The maximum absolute atomic E-state index is 12.5. The first-order valence-electron chi connectivity index (χ1n) is 9.58. The zero-order valence-electron chi connectivity index (χ0n) is 17.2. The summed E-state index contributed by atoms with van der Waals surface area (Å²) < 4.78 is 12.6. The quantitative estimate of drug-likeness (QED) is 0.518. The van der Waals surface area contributed by atoms with Gasteiger partial charge in [-0.1, -0.05) is 41.9 Å². The van der Waals surface area contributed by atoms with Crippen LogP contribution < -0.4 is 14.8 Å². The summed E-state index contributed by atoms with van der Waals surface area (Å²) in [6, 6.07) is 15.3. The van der Waals surface area contributed by atoms with Crippen molar-refractivity contribution in [1.82, 2.24) is 9.78 Å². The van der Waals surface area contributed by atoms with Crippen molar-refractivity contribution >= 4 is 29.4 Å². The third kappa shape index (κ3) is 5.42. The molecule has 0 aliphatic carbocycles. The maximum atomic E-state index is 12.5. The van der Waals surface area contributed by atoms with Gasteiger partial charge in [0.25, 0.3) is 0 Å². The topological polar surface area (TPSA) is 65.4 Å². The van der Waals surface area contributed by atoms with Gasteiger partial charge in [0.15, 0.2) is 11.5 Å². The fourth-order valence-corrected chi connectivity index (χ4v) is 3.30. The minimum Gasteiger partial charge on any atom is -0.491 e. The Morgan fingerprint density at radius 3 is 2.70 bits per heavy atom. The molecule has 1 amide bonds. The number of anilines is 1. The lowest BCUT2D eigenvalue weighted by Crippen LogP contribution is -2.13. The number of ether oxygens (including phenoxy) is 2. The Morgan fingerprint density at radius 1 is 1.23 bits per heavy atom. The van der Waals surface area contributed by atoms with Gasteiger partial charge in [-0.15, -0.1) is 0 Å². The van der Waals surface area contributed by atoms with E-state index in [1.54, 1.807) is 22.9 Å². The molecule has 3 rings (SSSR count). The molecule has 0 bridgehead atoms. The molecule has 1 aromatic heterocycles. The molecule has 0 saturated carbocycles. The molecule has 0 saturated heterocycles. The first-order valence-corrected chi connectivity index (χ1v) is 9.95. The van der Waals surface area contributed by atoms with E-state index in [0.717, 1.165) is 16.8 Å². The maximum Gasteiger partial charge on any atom is 0.249 e. The van der Waals surface area contributed by atoms with Crippen molar-refractivity contribution in [1.29, 1.82) is 0 Å². The smallest absolute Gasteiger partial charge is 0.249 e. The molecule has 0 radical (unpaired) electrons. The van der Waals surface area contributed by atoms with Crippen LogP contribution >= 0.6 is 11.6 Å². The fourth-order valence-electron chi connectivity index (χ4n) is 3.01. The SMILES string of the molecule is CCOc1cc(/C=C/C(=O)Nc2cc(C)nn2Cc2ccccc2)cc(Cl)c1OC. The first kappa shape index (κ1) is 21.5. The Hall–Kier alpha value is -3.25. The van der Waals surface area contributed by atoms with Crippen LogP contribution in [0, 0.1) is 6.92 Å². The number of nitrogens with zero attached hydrogens (tertiary/aromatic N) is 2. The number of aryl methyl sites for hydroxylation is 1. The van der Waals surface area contributed by atoms with Crippen LogP contribution in [0.2, 0.25) is 5.02 Å². The van der Waals surface area contributed by atoms with Gasteiger partial charge in [0.2, 0.25) is 5.91 Å². The molecule has 0 fully saturated rings. The second-order valence-electron chi connectivity index (χ2n) is 6.60. The van der Waals surface area contributed by atoms with E-state index < -0.39 is 0 Å². The van der Waals surface area contributed by atoms with Gasteiger partial charge in [0, 0.05) is 12.1 Å². The van der Waals surface area contributed by atoms with Crippen molar-refractivity contribution in [2.24, 2.45) is 0 Å². The van der Waals surface area contributed by atoms with Gasteiger partial charge in [0.05, 0.1) is 31.0 Å². The molecule has 0 aliphatic rings. The van der Waals surface area contributed by atoms with E-state index in [4.69, 9.17) is 21.1 Å². The van der Waals surface area contributed by atoms with Crippen LogP contribution in [0.25, 0.3) is 6.08 Å². The van der Waals surface area contributed by atoms with Crippen molar-refractivity contribution in [3.63, 3.8) is 0 Å². The molecule has 0 unspecified atom stereocenters. The van der Waals surface area contributed by atoms with Crippen molar-refractivity contribution in [3.05, 3.63) is 76.5 Å². The van der Waals surface area contributed by atoms with Crippen molar-refractivity contribution in [3.8, 4) is 11.5 Å². The number of halogens is 1. The van der Waals surface area contributed by atoms with E-state index in [1.807, 2.05) is 50.2 Å². The standard InChI is InChI=1S/C23H24ClN3O3/c1-4-30-20-14-18(13-19(24)23(20)29-3)10-11-22(28)25-21-12-16(2)26-27(21)15-17-8-6-5-7-9-17/h5-14H,4,15H2,1-3H3,(H,25,28)/b11-10+. The van der Waals surface area contributed by atoms with Crippen LogP contribution in [-0.4, -0.2) is 29.4 Å². The Morgan fingerprint density at radius 2 is 2.00 bits per heavy atom. The Balaban J connectivity index is 1.74. The lowest BCUT2D eigenvalue weighted by molar-refractivity contribution is -0.111. The second kappa shape index (κ2) is 9.98. The number of methoxy groups -OCH3 is 1. The molecule has 7 heteroatoms. The number of hydrogen-bond donors (Lipinski definition) is 1. The molecular weight excluding hydrogens is 402 g/mol. The van der Waals surface area contributed by atoms with E-state index in [-0.39, 0.29) is 5.91 Å². The summed E-state index contributed by atoms with van der Waals surface area (Å²) in [7, 11) is 1.53. The summed E-state index contributed by atoms with van der Waals surface area (Å²) in [5, 5.41) is 7.77. The zero-order valence-corrected chi connectivity index (χ0v) is 17.9. The monoisotopic (exact) mass is 425 g/mol. The summed E-state index contributed by atoms with van der Waals surface area (Å²) in [4.78, 5) is 12.5. The molecule has 0 spiro atoms. The summed E-state index contributed by atoms with van der Waals surface area (Å²) in [5.74, 6) is 1.37. The third-order valence-electron chi connectivity index (χ3n) is 4.29. The molecule has 156 valence electrons. The van der Waals surface area contributed by atoms with Crippen LogP contribution in [0.1, 0.15) is 23.7 Å². The Labute approximate surface area is 181 Å². The molecule has 2 aromatic carbocycles. The third-order valence-corrected chi connectivity index (χ3v) is 4.57. The van der Waals surface area contributed by atoms with Crippen LogP contribution in [0.15, 0.2) is 54.6 Å². The number of amides is 1. The summed E-state index contributed by atoms with van der Waals surface area (Å²) in [6.45, 7) is 4.82. The number of rotatable bonds is 8. The predicted octanol–water partition coefficient (Wildman–Crippen LogP) is 4.95. The van der Waals surface area contributed by atoms with Gasteiger partial charge in [-0.3, -0.25) is 4.79 Å². The number of aromatic nitrogens is 2. The van der Waals surface area contributed by atoms with Crippen LogP contribution in [0.3, 0.4) is 0 Å². The van der Waals surface area contributed by atoms with Gasteiger partial charge in [-0.2, -0.15) is 5.10 Å². The highest BCUT2D eigenvalue weighted by Crippen LogP contribution is 2.36. The number of carbonyl (C=O) groups excluding carboxylic acids is 1. The van der Waals surface area contributed by atoms with E-state index in [1.165, 1.54) is 13.2 Å². The minimum atomic E-state index is -0.269. The highest BCUT2D eigenvalue weighted by molar-refractivity contribution is 6.32. The lowest BCUT2D eigenvalue weighted by Gasteiger charge is -2.11. The van der Waals surface area contributed by atoms with Crippen LogP contribution in [-0.2, 0) is 11.3 Å². The molecule has 30 heavy (non-hydrogen) atoms. The molecule has 3 aromatic rings. The second-order valence-corrected chi connectivity index (χ2v) is 7.01. The van der Waals surface area contributed by atoms with Gasteiger partial charge in [0.1, 0.15) is 5.82 Å². The average molecular weight is 426 g/mol.